The second-order valence-electron chi connectivity index (χ2n) is 5.49. The Morgan fingerprint density at radius 1 is 1.22 bits per heavy atom. The van der Waals surface area contributed by atoms with Crippen LogP contribution in [0, 0.1) is 0 Å². The van der Waals surface area contributed by atoms with Crippen molar-refractivity contribution in [2.75, 3.05) is 7.11 Å². The van der Waals surface area contributed by atoms with Crippen molar-refractivity contribution < 1.29 is 14.3 Å². The van der Waals surface area contributed by atoms with Gasteiger partial charge in [0.2, 0.25) is 0 Å². The van der Waals surface area contributed by atoms with Crippen molar-refractivity contribution in [1.82, 2.24) is 5.43 Å². The van der Waals surface area contributed by atoms with E-state index in [9.17, 15) is 4.79 Å². The SMILES string of the molecule is COc1ccc(/C=N\NC(=O)c2cccs2)cc1COc1ccc(Cl)cc1. The topological polar surface area (TPSA) is 59.9 Å². The highest BCUT2D eigenvalue weighted by atomic mass is 35.5. The second-order valence-corrected chi connectivity index (χ2v) is 6.87. The van der Waals surface area contributed by atoms with Gasteiger partial charge in [-0.15, -0.1) is 11.3 Å². The normalized spacial score (nSPS) is 10.7. The third kappa shape index (κ3) is 5.32. The first kappa shape index (κ1) is 18.9. The molecule has 0 radical (unpaired) electrons. The van der Waals surface area contributed by atoms with Crippen LogP contribution in [0.25, 0.3) is 0 Å². The van der Waals surface area contributed by atoms with Crippen molar-refractivity contribution in [2.24, 2.45) is 5.10 Å². The Balaban J connectivity index is 1.66. The first-order chi connectivity index (χ1) is 13.2. The summed E-state index contributed by atoms with van der Waals surface area (Å²) in [6.07, 6.45) is 1.58. The van der Waals surface area contributed by atoms with Gasteiger partial charge in [-0.1, -0.05) is 17.7 Å². The van der Waals surface area contributed by atoms with E-state index >= 15 is 0 Å². The lowest BCUT2D eigenvalue weighted by atomic mass is 10.1. The van der Waals surface area contributed by atoms with Crippen LogP contribution in [0.5, 0.6) is 11.5 Å². The molecular weight excluding hydrogens is 384 g/mol. The molecule has 0 saturated heterocycles. The largest absolute Gasteiger partial charge is 0.496 e. The van der Waals surface area contributed by atoms with Crippen LogP contribution in [-0.4, -0.2) is 19.2 Å². The van der Waals surface area contributed by atoms with Gasteiger partial charge in [0.05, 0.1) is 18.2 Å². The molecule has 2 aromatic carbocycles. The standard InChI is InChI=1S/C20H17ClN2O3S/c1-25-18-9-4-14(12-22-23-20(24)19-3-2-10-27-19)11-15(18)13-26-17-7-5-16(21)6-8-17/h2-12H,13H2,1H3,(H,23,24)/b22-12-. The summed E-state index contributed by atoms with van der Waals surface area (Å²) in [7, 11) is 1.61. The molecule has 0 unspecified atom stereocenters. The van der Waals surface area contributed by atoms with Crippen LogP contribution in [0.2, 0.25) is 5.02 Å². The van der Waals surface area contributed by atoms with Crippen LogP contribution in [0.15, 0.2) is 65.1 Å². The summed E-state index contributed by atoms with van der Waals surface area (Å²) >= 11 is 7.24. The molecule has 0 aliphatic carbocycles. The summed E-state index contributed by atoms with van der Waals surface area (Å²) in [6.45, 7) is 0.327. The molecule has 0 fully saturated rings. The smallest absolute Gasteiger partial charge is 0.281 e. The van der Waals surface area contributed by atoms with Crippen LogP contribution >= 0.6 is 22.9 Å². The number of methoxy groups -OCH3 is 1. The van der Waals surface area contributed by atoms with Gasteiger partial charge in [0.1, 0.15) is 18.1 Å². The minimum absolute atomic E-state index is 0.235. The maximum atomic E-state index is 11.9. The summed E-state index contributed by atoms with van der Waals surface area (Å²) in [4.78, 5) is 12.5. The minimum atomic E-state index is -0.235. The van der Waals surface area contributed by atoms with E-state index in [4.69, 9.17) is 21.1 Å². The quantitative estimate of drug-likeness (QED) is 0.459. The summed E-state index contributed by atoms with van der Waals surface area (Å²) in [5.41, 5.74) is 4.19. The highest BCUT2D eigenvalue weighted by Gasteiger charge is 2.06. The number of hydrogen-bond donors (Lipinski definition) is 1. The lowest BCUT2D eigenvalue weighted by molar-refractivity contribution is 0.0959. The number of nitrogens with zero attached hydrogens (tertiary/aromatic N) is 1. The third-order valence-electron chi connectivity index (χ3n) is 3.64. The molecular formula is C20H17ClN2O3S. The van der Waals surface area contributed by atoms with Crippen molar-refractivity contribution in [3.63, 3.8) is 0 Å². The zero-order valence-corrected chi connectivity index (χ0v) is 16.1. The molecule has 1 heterocycles. The number of rotatable bonds is 7. The third-order valence-corrected chi connectivity index (χ3v) is 4.76. The van der Waals surface area contributed by atoms with Crippen molar-refractivity contribution in [3.05, 3.63) is 81.0 Å². The van der Waals surface area contributed by atoms with Gasteiger partial charge in [0.25, 0.3) is 5.91 Å². The maximum Gasteiger partial charge on any atom is 0.281 e. The lowest BCUT2D eigenvalue weighted by Gasteiger charge is -2.11. The van der Waals surface area contributed by atoms with E-state index in [0.29, 0.717) is 28.0 Å². The predicted molar refractivity (Wildman–Crippen MR) is 108 cm³/mol. The van der Waals surface area contributed by atoms with Crippen LogP contribution in [-0.2, 0) is 6.61 Å². The van der Waals surface area contributed by atoms with E-state index in [1.165, 1.54) is 11.3 Å². The lowest BCUT2D eigenvalue weighted by Crippen LogP contribution is -2.16. The number of benzene rings is 2. The number of thiophene rings is 1. The molecule has 3 aromatic rings. The van der Waals surface area contributed by atoms with Gasteiger partial charge in [-0.3, -0.25) is 4.79 Å². The Morgan fingerprint density at radius 2 is 2.04 bits per heavy atom. The monoisotopic (exact) mass is 400 g/mol. The van der Waals surface area contributed by atoms with E-state index in [-0.39, 0.29) is 5.91 Å². The molecule has 0 aliphatic rings. The Labute approximate surface area is 166 Å². The molecule has 0 bridgehead atoms. The molecule has 0 spiro atoms. The van der Waals surface area contributed by atoms with Crippen molar-refractivity contribution in [2.45, 2.75) is 6.61 Å². The summed E-state index contributed by atoms with van der Waals surface area (Å²) in [5, 5.41) is 6.51. The summed E-state index contributed by atoms with van der Waals surface area (Å²) in [6, 6.07) is 16.3. The van der Waals surface area contributed by atoms with Crippen molar-refractivity contribution in [1.29, 1.82) is 0 Å². The molecule has 27 heavy (non-hydrogen) atoms. The average Bonchev–Trinajstić information content (AvgIpc) is 3.22. The number of hydrazone groups is 1. The zero-order chi connectivity index (χ0) is 19.1. The van der Waals surface area contributed by atoms with Crippen LogP contribution in [0.3, 0.4) is 0 Å². The van der Waals surface area contributed by atoms with Gasteiger partial charge in [-0.05, 0) is 59.5 Å². The number of hydrogen-bond acceptors (Lipinski definition) is 5. The number of nitrogens with one attached hydrogen (secondary N) is 1. The molecule has 138 valence electrons. The molecule has 0 saturated carbocycles. The highest BCUT2D eigenvalue weighted by molar-refractivity contribution is 7.12. The Morgan fingerprint density at radius 3 is 2.74 bits per heavy atom. The molecule has 0 atom stereocenters. The zero-order valence-electron chi connectivity index (χ0n) is 14.5. The van der Waals surface area contributed by atoms with Crippen LogP contribution < -0.4 is 14.9 Å². The fraction of sp³-hybridized carbons (Fsp3) is 0.100. The first-order valence-corrected chi connectivity index (χ1v) is 9.33. The average molecular weight is 401 g/mol. The van der Waals surface area contributed by atoms with Crippen molar-refractivity contribution in [3.8, 4) is 11.5 Å². The second kappa shape index (κ2) is 9.21. The minimum Gasteiger partial charge on any atom is -0.496 e. The van der Waals surface area contributed by atoms with E-state index in [1.54, 1.807) is 43.7 Å². The fourth-order valence-electron chi connectivity index (χ4n) is 2.31. The molecule has 7 heteroatoms. The number of carbonyl (C=O) groups is 1. The number of amides is 1. The first-order valence-electron chi connectivity index (χ1n) is 8.08. The molecule has 1 aromatic heterocycles. The Bertz CT molecular complexity index is 925. The molecule has 1 N–H and O–H groups in total. The highest BCUT2D eigenvalue weighted by Crippen LogP contribution is 2.22. The van der Waals surface area contributed by atoms with Crippen LogP contribution in [0.1, 0.15) is 20.8 Å². The van der Waals surface area contributed by atoms with Gasteiger partial charge in [0.15, 0.2) is 0 Å². The Hall–Kier alpha value is -2.83. The molecule has 1 amide bonds. The molecule has 5 nitrogen and oxygen atoms in total. The predicted octanol–water partition coefficient (Wildman–Crippen LogP) is 4.75. The van der Waals surface area contributed by atoms with E-state index in [2.05, 4.69) is 10.5 Å². The van der Waals surface area contributed by atoms with E-state index < -0.39 is 0 Å². The Kier molecular flexibility index (Phi) is 6.46. The molecule has 3 rings (SSSR count). The number of carbonyl (C=O) groups excluding carboxylic acids is 1. The van der Waals surface area contributed by atoms with Gasteiger partial charge >= 0.3 is 0 Å². The summed E-state index contributed by atoms with van der Waals surface area (Å²) in [5.74, 6) is 1.19. The van der Waals surface area contributed by atoms with E-state index in [1.807, 2.05) is 29.6 Å². The van der Waals surface area contributed by atoms with E-state index in [0.717, 1.165) is 11.1 Å². The summed E-state index contributed by atoms with van der Waals surface area (Å²) < 4.78 is 11.2. The molecule has 0 aliphatic heterocycles. The van der Waals surface area contributed by atoms with Gasteiger partial charge in [-0.2, -0.15) is 5.10 Å². The van der Waals surface area contributed by atoms with Gasteiger partial charge < -0.3 is 9.47 Å². The van der Waals surface area contributed by atoms with Gasteiger partial charge in [0, 0.05) is 10.6 Å². The number of halogens is 1. The number of ether oxygens (including phenoxy) is 2. The van der Waals surface area contributed by atoms with Crippen molar-refractivity contribution >= 4 is 35.1 Å². The van der Waals surface area contributed by atoms with Crippen LogP contribution in [0.4, 0.5) is 0 Å². The fourth-order valence-corrected chi connectivity index (χ4v) is 3.05. The maximum absolute atomic E-state index is 11.9. The van der Waals surface area contributed by atoms with Gasteiger partial charge in [-0.25, -0.2) is 5.43 Å².